The number of rotatable bonds is 6. The maximum atomic E-state index is 12.4. The van der Waals surface area contributed by atoms with Crippen LogP contribution in [0.2, 0.25) is 0 Å². The Bertz CT molecular complexity index is 814. The molecule has 8 heteroatoms. The van der Waals surface area contributed by atoms with E-state index >= 15 is 0 Å². The van der Waals surface area contributed by atoms with E-state index in [4.69, 9.17) is 4.74 Å². The Labute approximate surface area is 171 Å². The van der Waals surface area contributed by atoms with E-state index in [2.05, 4.69) is 49.6 Å². The molecule has 2 fully saturated rings. The average Bonchev–Trinajstić information content (AvgIpc) is 3.27. The van der Waals surface area contributed by atoms with Crippen molar-refractivity contribution in [2.75, 3.05) is 56.6 Å². The molecular weight excluding hydrogens is 368 g/mol. The first-order chi connectivity index (χ1) is 14.2. The molecule has 2 aliphatic heterocycles. The lowest BCUT2D eigenvalue weighted by Gasteiger charge is -2.34. The highest BCUT2D eigenvalue weighted by molar-refractivity contribution is 5.93. The molecule has 2 aromatic rings. The van der Waals surface area contributed by atoms with Crippen LogP contribution >= 0.6 is 0 Å². The molecule has 2 aliphatic rings. The SMILES string of the molecule is CN1CCN(c2ccc(Nc3cc(C(=O)NCC4CCCO4)ncn3)cc2)CC1. The summed E-state index contributed by atoms with van der Waals surface area (Å²) in [5.74, 6) is 0.381. The molecule has 29 heavy (non-hydrogen) atoms. The van der Waals surface area contributed by atoms with Gasteiger partial charge in [0.15, 0.2) is 0 Å². The standard InChI is InChI=1S/C21H28N6O2/c1-26-8-10-27(11-9-26)17-6-4-16(5-7-17)25-20-13-19(23-15-24-20)21(28)22-14-18-3-2-12-29-18/h4-7,13,15,18H,2-3,8-12,14H2,1H3,(H,22,28)(H,23,24,25). The Kier molecular flexibility index (Phi) is 6.21. The number of anilines is 3. The second-order valence-corrected chi connectivity index (χ2v) is 7.60. The minimum Gasteiger partial charge on any atom is -0.376 e. The van der Waals surface area contributed by atoms with Crippen LogP contribution in [0.15, 0.2) is 36.7 Å². The third-order valence-corrected chi connectivity index (χ3v) is 5.42. The van der Waals surface area contributed by atoms with Crippen LogP contribution in [0.5, 0.6) is 0 Å². The number of piperazine rings is 1. The van der Waals surface area contributed by atoms with E-state index in [1.54, 1.807) is 6.07 Å². The number of aromatic nitrogens is 2. The number of carbonyl (C=O) groups is 1. The Morgan fingerprint density at radius 1 is 1.17 bits per heavy atom. The van der Waals surface area contributed by atoms with Gasteiger partial charge in [0.1, 0.15) is 17.8 Å². The monoisotopic (exact) mass is 396 g/mol. The predicted molar refractivity (Wildman–Crippen MR) is 113 cm³/mol. The molecule has 0 saturated carbocycles. The molecule has 154 valence electrons. The summed E-state index contributed by atoms with van der Waals surface area (Å²) in [6.07, 6.45) is 3.55. The number of nitrogens with one attached hydrogen (secondary N) is 2. The summed E-state index contributed by atoms with van der Waals surface area (Å²) in [7, 11) is 2.16. The number of benzene rings is 1. The van der Waals surface area contributed by atoms with Gasteiger partial charge in [0.25, 0.3) is 5.91 Å². The molecule has 0 radical (unpaired) electrons. The van der Waals surface area contributed by atoms with Crippen LogP contribution in [0, 0.1) is 0 Å². The first kappa shape index (κ1) is 19.6. The molecule has 1 amide bonds. The second kappa shape index (κ2) is 9.19. The highest BCUT2D eigenvalue weighted by Crippen LogP contribution is 2.21. The van der Waals surface area contributed by atoms with E-state index in [-0.39, 0.29) is 12.0 Å². The second-order valence-electron chi connectivity index (χ2n) is 7.60. The van der Waals surface area contributed by atoms with Crippen LogP contribution in [-0.2, 0) is 4.74 Å². The Balaban J connectivity index is 1.34. The number of ether oxygens (including phenoxy) is 1. The van der Waals surface area contributed by atoms with Crippen molar-refractivity contribution in [1.82, 2.24) is 20.2 Å². The smallest absolute Gasteiger partial charge is 0.270 e. The molecule has 1 aromatic heterocycles. The summed E-state index contributed by atoms with van der Waals surface area (Å²) in [6.45, 7) is 5.53. The van der Waals surface area contributed by atoms with Crippen molar-refractivity contribution < 1.29 is 9.53 Å². The van der Waals surface area contributed by atoms with Crippen LogP contribution < -0.4 is 15.5 Å². The Hall–Kier alpha value is -2.71. The van der Waals surface area contributed by atoms with E-state index in [0.29, 0.717) is 18.1 Å². The first-order valence-corrected chi connectivity index (χ1v) is 10.2. The van der Waals surface area contributed by atoms with Crippen LogP contribution in [0.25, 0.3) is 0 Å². The number of likely N-dealkylation sites (N-methyl/N-ethyl adjacent to an activating group) is 1. The summed E-state index contributed by atoms with van der Waals surface area (Å²) < 4.78 is 5.53. The van der Waals surface area contributed by atoms with Crippen molar-refractivity contribution >= 4 is 23.1 Å². The topological polar surface area (TPSA) is 82.6 Å². The van der Waals surface area contributed by atoms with Gasteiger partial charge in [-0.3, -0.25) is 4.79 Å². The summed E-state index contributed by atoms with van der Waals surface area (Å²) in [6, 6.07) is 9.97. The van der Waals surface area contributed by atoms with Gasteiger partial charge >= 0.3 is 0 Å². The van der Waals surface area contributed by atoms with Gasteiger partial charge in [0, 0.05) is 56.8 Å². The zero-order valence-corrected chi connectivity index (χ0v) is 16.8. The van der Waals surface area contributed by atoms with Gasteiger partial charge in [-0.1, -0.05) is 0 Å². The van der Waals surface area contributed by atoms with Crippen molar-refractivity contribution in [1.29, 1.82) is 0 Å². The third kappa shape index (κ3) is 5.21. The van der Waals surface area contributed by atoms with Gasteiger partial charge < -0.3 is 25.2 Å². The van der Waals surface area contributed by atoms with Gasteiger partial charge in [-0.05, 0) is 44.2 Å². The van der Waals surface area contributed by atoms with E-state index in [1.165, 1.54) is 12.0 Å². The average molecular weight is 396 g/mol. The molecule has 8 nitrogen and oxygen atoms in total. The molecule has 0 spiro atoms. The van der Waals surface area contributed by atoms with Gasteiger partial charge in [-0.15, -0.1) is 0 Å². The molecule has 2 N–H and O–H groups in total. The normalized spacial score (nSPS) is 19.9. The maximum Gasteiger partial charge on any atom is 0.270 e. The summed E-state index contributed by atoms with van der Waals surface area (Å²) in [5, 5.41) is 6.14. The highest BCUT2D eigenvalue weighted by Gasteiger charge is 2.17. The third-order valence-electron chi connectivity index (χ3n) is 5.42. The fraction of sp³-hybridized carbons (Fsp3) is 0.476. The zero-order chi connectivity index (χ0) is 20.1. The molecule has 0 bridgehead atoms. The van der Waals surface area contributed by atoms with Crippen LogP contribution in [0.4, 0.5) is 17.2 Å². The van der Waals surface area contributed by atoms with Gasteiger partial charge in [-0.25, -0.2) is 9.97 Å². The zero-order valence-electron chi connectivity index (χ0n) is 16.8. The molecule has 1 atom stereocenters. The van der Waals surface area contributed by atoms with Crippen LogP contribution in [0.1, 0.15) is 23.3 Å². The maximum absolute atomic E-state index is 12.4. The van der Waals surface area contributed by atoms with E-state index in [1.807, 2.05) is 12.1 Å². The first-order valence-electron chi connectivity index (χ1n) is 10.2. The van der Waals surface area contributed by atoms with E-state index in [0.717, 1.165) is 51.3 Å². The molecule has 0 aliphatic carbocycles. The summed E-state index contributed by atoms with van der Waals surface area (Å²) in [4.78, 5) is 25.4. The summed E-state index contributed by atoms with van der Waals surface area (Å²) in [5.41, 5.74) is 2.49. The van der Waals surface area contributed by atoms with Gasteiger partial charge in [0.2, 0.25) is 0 Å². The number of hydrogen-bond acceptors (Lipinski definition) is 7. The molecule has 4 rings (SSSR count). The largest absolute Gasteiger partial charge is 0.376 e. The lowest BCUT2D eigenvalue weighted by atomic mass is 10.2. The quantitative estimate of drug-likeness (QED) is 0.771. The van der Waals surface area contributed by atoms with Crippen molar-refractivity contribution in [3.05, 3.63) is 42.4 Å². The van der Waals surface area contributed by atoms with Crippen LogP contribution in [0.3, 0.4) is 0 Å². The van der Waals surface area contributed by atoms with Crippen molar-refractivity contribution in [2.24, 2.45) is 0 Å². The Morgan fingerprint density at radius 3 is 2.69 bits per heavy atom. The number of hydrogen-bond donors (Lipinski definition) is 2. The minimum atomic E-state index is -0.212. The molecule has 1 aromatic carbocycles. The molecule has 3 heterocycles. The van der Waals surface area contributed by atoms with Crippen molar-refractivity contribution in [3.63, 3.8) is 0 Å². The number of carbonyl (C=O) groups excluding carboxylic acids is 1. The van der Waals surface area contributed by atoms with Gasteiger partial charge in [0.05, 0.1) is 6.10 Å². The fourth-order valence-corrected chi connectivity index (χ4v) is 3.62. The summed E-state index contributed by atoms with van der Waals surface area (Å²) >= 11 is 0. The number of amides is 1. The molecule has 2 saturated heterocycles. The van der Waals surface area contributed by atoms with Crippen molar-refractivity contribution in [3.8, 4) is 0 Å². The van der Waals surface area contributed by atoms with E-state index < -0.39 is 0 Å². The predicted octanol–water partition coefficient (Wildman–Crippen LogP) is 1.88. The number of nitrogens with zero attached hydrogens (tertiary/aromatic N) is 4. The lowest BCUT2D eigenvalue weighted by Crippen LogP contribution is -2.44. The van der Waals surface area contributed by atoms with Crippen molar-refractivity contribution in [2.45, 2.75) is 18.9 Å². The fourth-order valence-electron chi connectivity index (χ4n) is 3.62. The van der Waals surface area contributed by atoms with E-state index in [9.17, 15) is 4.79 Å². The molecule has 1 unspecified atom stereocenters. The minimum absolute atomic E-state index is 0.109. The lowest BCUT2D eigenvalue weighted by molar-refractivity contribution is 0.0853. The van der Waals surface area contributed by atoms with Gasteiger partial charge in [-0.2, -0.15) is 0 Å². The Morgan fingerprint density at radius 2 is 1.97 bits per heavy atom. The molecular formula is C21H28N6O2. The highest BCUT2D eigenvalue weighted by atomic mass is 16.5. The van der Waals surface area contributed by atoms with Crippen LogP contribution in [-0.4, -0.2) is 73.3 Å².